The third-order valence-corrected chi connectivity index (χ3v) is 6.63. The summed E-state index contributed by atoms with van der Waals surface area (Å²) in [6, 6.07) is 10.5. The van der Waals surface area contributed by atoms with Crippen LogP contribution in [0.1, 0.15) is 24.8 Å². The first-order valence-corrected chi connectivity index (χ1v) is 10.1. The van der Waals surface area contributed by atoms with Gasteiger partial charge in [-0.25, -0.2) is 0 Å². The van der Waals surface area contributed by atoms with Gasteiger partial charge in [-0.15, -0.1) is 0 Å². The Kier molecular flexibility index (Phi) is 5.14. The first-order chi connectivity index (χ1) is 12.7. The molecule has 3 aliphatic rings. The summed E-state index contributed by atoms with van der Waals surface area (Å²) >= 11 is 0. The van der Waals surface area contributed by atoms with Crippen molar-refractivity contribution in [3.8, 4) is 0 Å². The normalized spacial score (nSPS) is 26.5. The monoisotopic (exact) mass is 353 g/mol. The molecule has 2 saturated heterocycles. The summed E-state index contributed by atoms with van der Waals surface area (Å²) < 4.78 is 0. The van der Waals surface area contributed by atoms with Gasteiger partial charge in [-0.2, -0.15) is 0 Å². The maximum Gasteiger partial charge on any atom is 0.226 e. The molecule has 1 amide bonds. The summed E-state index contributed by atoms with van der Waals surface area (Å²) in [5, 5.41) is 0. The van der Waals surface area contributed by atoms with Gasteiger partial charge < -0.3 is 9.80 Å². The van der Waals surface area contributed by atoms with Crippen LogP contribution in [0.5, 0.6) is 0 Å². The smallest absolute Gasteiger partial charge is 0.226 e. The minimum atomic E-state index is 0.313. The lowest BCUT2D eigenvalue weighted by Gasteiger charge is -2.35. The topological polar surface area (TPSA) is 26.8 Å². The number of likely N-dealkylation sites (N-methyl/N-ethyl adjacent to an activating group) is 1. The number of amides is 1. The highest BCUT2D eigenvalue weighted by atomic mass is 16.2. The second-order valence-corrected chi connectivity index (χ2v) is 8.36. The number of carbonyl (C=O) groups excluding carboxylic acids is 1. The molecule has 26 heavy (non-hydrogen) atoms. The van der Waals surface area contributed by atoms with Crippen molar-refractivity contribution in [2.75, 3.05) is 52.9 Å². The lowest BCUT2D eigenvalue weighted by molar-refractivity contribution is -0.135. The van der Waals surface area contributed by atoms with Crippen molar-refractivity contribution < 1.29 is 4.79 Å². The Morgan fingerprint density at radius 1 is 1.08 bits per heavy atom. The fourth-order valence-corrected chi connectivity index (χ4v) is 4.58. The third-order valence-electron chi connectivity index (χ3n) is 6.63. The summed E-state index contributed by atoms with van der Waals surface area (Å²) in [7, 11) is 2.14. The van der Waals surface area contributed by atoms with E-state index in [0.29, 0.717) is 17.2 Å². The minimum Gasteiger partial charge on any atom is -0.340 e. The average molecular weight is 354 g/mol. The second kappa shape index (κ2) is 7.53. The van der Waals surface area contributed by atoms with Crippen LogP contribution in [0.4, 0.5) is 0 Å². The molecule has 1 aromatic carbocycles. The Bertz CT molecular complexity index is 641. The van der Waals surface area contributed by atoms with Gasteiger partial charge in [0, 0.05) is 38.6 Å². The maximum absolute atomic E-state index is 12.8. The Morgan fingerprint density at radius 3 is 2.46 bits per heavy atom. The Balaban J connectivity index is 1.23. The molecule has 1 aromatic rings. The maximum atomic E-state index is 12.8. The first kappa shape index (κ1) is 17.7. The van der Waals surface area contributed by atoms with Crippen molar-refractivity contribution in [2.24, 2.45) is 11.3 Å². The third kappa shape index (κ3) is 3.86. The van der Waals surface area contributed by atoms with Crippen molar-refractivity contribution in [3.05, 3.63) is 42.0 Å². The molecule has 0 bridgehead atoms. The molecule has 140 valence electrons. The molecule has 0 aromatic heterocycles. The Hall–Kier alpha value is -1.65. The van der Waals surface area contributed by atoms with Gasteiger partial charge in [-0.3, -0.25) is 9.69 Å². The quantitative estimate of drug-likeness (QED) is 0.832. The van der Waals surface area contributed by atoms with Crippen LogP contribution in [-0.2, 0) is 4.79 Å². The molecule has 0 N–H and O–H groups in total. The van der Waals surface area contributed by atoms with E-state index in [0.717, 1.165) is 52.2 Å². The van der Waals surface area contributed by atoms with Crippen LogP contribution >= 0.6 is 0 Å². The molecule has 1 aliphatic carbocycles. The fourth-order valence-electron chi connectivity index (χ4n) is 4.58. The zero-order valence-electron chi connectivity index (χ0n) is 15.9. The standard InChI is InChI=1S/C22H31N3O/c1-23-14-16-25(17-15-23)21(26)20-18-22(20)9-12-24(13-10-22)11-5-8-19-6-3-2-4-7-19/h2-8,20H,9-18H2,1H3. The molecule has 1 spiro atoms. The van der Waals surface area contributed by atoms with Crippen LogP contribution in [0.25, 0.3) is 6.08 Å². The predicted molar refractivity (Wildman–Crippen MR) is 106 cm³/mol. The lowest BCUT2D eigenvalue weighted by atomic mass is 9.90. The molecule has 4 heteroatoms. The number of likely N-dealkylation sites (tertiary alicyclic amines) is 1. The van der Waals surface area contributed by atoms with E-state index >= 15 is 0 Å². The zero-order chi connectivity index (χ0) is 18.0. The number of piperazine rings is 1. The highest BCUT2D eigenvalue weighted by molar-refractivity contribution is 5.83. The van der Waals surface area contributed by atoms with Crippen LogP contribution in [0, 0.1) is 11.3 Å². The summed E-state index contributed by atoms with van der Waals surface area (Å²) in [4.78, 5) is 19.8. The zero-order valence-corrected chi connectivity index (χ0v) is 15.9. The molecule has 4 nitrogen and oxygen atoms in total. The van der Waals surface area contributed by atoms with E-state index < -0.39 is 0 Å². The highest BCUT2D eigenvalue weighted by Gasteiger charge is 2.59. The summed E-state index contributed by atoms with van der Waals surface area (Å²) in [5.74, 6) is 0.753. The lowest BCUT2D eigenvalue weighted by Crippen LogP contribution is -2.48. The van der Waals surface area contributed by atoms with E-state index in [2.05, 4.69) is 64.2 Å². The van der Waals surface area contributed by atoms with Crippen molar-refractivity contribution in [2.45, 2.75) is 19.3 Å². The van der Waals surface area contributed by atoms with Gasteiger partial charge in [0.1, 0.15) is 0 Å². The number of hydrogen-bond donors (Lipinski definition) is 0. The van der Waals surface area contributed by atoms with Gasteiger partial charge in [-0.1, -0.05) is 42.5 Å². The Morgan fingerprint density at radius 2 is 1.77 bits per heavy atom. The average Bonchev–Trinajstić information content (AvgIpc) is 3.38. The van der Waals surface area contributed by atoms with Crippen LogP contribution in [0.3, 0.4) is 0 Å². The van der Waals surface area contributed by atoms with Gasteiger partial charge in [0.2, 0.25) is 5.91 Å². The highest BCUT2D eigenvalue weighted by Crippen LogP contribution is 2.60. The van der Waals surface area contributed by atoms with Gasteiger partial charge in [0.05, 0.1) is 0 Å². The molecule has 1 saturated carbocycles. The number of carbonyl (C=O) groups is 1. The van der Waals surface area contributed by atoms with E-state index in [-0.39, 0.29) is 0 Å². The summed E-state index contributed by atoms with van der Waals surface area (Å²) in [6.45, 7) is 7.15. The molecule has 1 atom stereocenters. The van der Waals surface area contributed by atoms with Crippen LogP contribution in [-0.4, -0.2) is 73.5 Å². The predicted octanol–water partition coefficient (Wildman–Crippen LogP) is 2.58. The molecular formula is C22H31N3O. The van der Waals surface area contributed by atoms with Crippen molar-refractivity contribution in [3.63, 3.8) is 0 Å². The van der Waals surface area contributed by atoms with Gasteiger partial charge >= 0.3 is 0 Å². The second-order valence-electron chi connectivity index (χ2n) is 8.36. The molecule has 2 heterocycles. The van der Waals surface area contributed by atoms with E-state index in [4.69, 9.17) is 0 Å². The number of rotatable bonds is 4. The van der Waals surface area contributed by atoms with Gasteiger partial charge in [0.25, 0.3) is 0 Å². The van der Waals surface area contributed by atoms with E-state index in [1.54, 1.807) is 0 Å². The summed E-state index contributed by atoms with van der Waals surface area (Å²) in [6.07, 6.45) is 7.99. The Labute approximate surface area is 157 Å². The van der Waals surface area contributed by atoms with E-state index in [1.807, 2.05) is 0 Å². The fraction of sp³-hybridized carbons (Fsp3) is 0.591. The number of piperidine rings is 1. The van der Waals surface area contributed by atoms with Gasteiger partial charge in [-0.05, 0) is 50.4 Å². The van der Waals surface area contributed by atoms with Crippen molar-refractivity contribution >= 4 is 12.0 Å². The van der Waals surface area contributed by atoms with Crippen molar-refractivity contribution in [1.29, 1.82) is 0 Å². The molecule has 3 fully saturated rings. The number of benzene rings is 1. The van der Waals surface area contributed by atoms with Crippen LogP contribution in [0.15, 0.2) is 36.4 Å². The SMILES string of the molecule is CN1CCN(C(=O)C2CC23CCN(CC=Cc2ccccc2)CC3)CC1. The van der Waals surface area contributed by atoms with E-state index in [9.17, 15) is 4.79 Å². The molecule has 1 unspecified atom stereocenters. The number of hydrogen-bond acceptors (Lipinski definition) is 3. The first-order valence-electron chi connectivity index (χ1n) is 10.1. The van der Waals surface area contributed by atoms with Crippen molar-refractivity contribution in [1.82, 2.24) is 14.7 Å². The number of nitrogens with zero attached hydrogens (tertiary/aromatic N) is 3. The van der Waals surface area contributed by atoms with Crippen LogP contribution < -0.4 is 0 Å². The molecular weight excluding hydrogens is 322 g/mol. The van der Waals surface area contributed by atoms with E-state index in [1.165, 1.54) is 18.4 Å². The minimum absolute atomic E-state index is 0.313. The van der Waals surface area contributed by atoms with Crippen LogP contribution in [0.2, 0.25) is 0 Å². The summed E-state index contributed by atoms with van der Waals surface area (Å²) in [5.41, 5.74) is 1.60. The molecule has 2 aliphatic heterocycles. The molecule has 0 radical (unpaired) electrons. The largest absolute Gasteiger partial charge is 0.340 e. The molecule has 4 rings (SSSR count). The van der Waals surface area contributed by atoms with Gasteiger partial charge in [0.15, 0.2) is 0 Å².